The molecule has 3 unspecified atom stereocenters. The minimum atomic E-state index is -0.0316. The van der Waals surface area contributed by atoms with E-state index in [1.165, 1.54) is 6.42 Å². The summed E-state index contributed by atoms with van der Waals surface area (Å²) in [6.07, 6.45) is 3.78. The van der Waals surface area contributed by atoms with E-state index in [2.05, 4.69) is 13.8 Å². The van der Waals surface area contributed by atoms with Crippen molar-refractivity contribution in [1.82, 2.24) is 0 Å². The average molecular weight is 277 g/mol. The molecule has 1 saturated carbocycles. The van der Waals surface area contributed by atoms with E-state index in [9.17, 15) is 0 Å². The number of hydrogen-bond donors (Lipinski definition) is 1. The van der Waals surface area contributed by atoms with Crippen LogP contribution in [-0.4, -0.2) is 13.2 Å². The lowest BCUT2D eigenvalue weighted by Gasteiger charge is -2.33. The van der Waals surface area contributed by atoms with Crippen LogP contribution in [-0.2, 0) is 0 Å². The Morgan fingerprint density at radius 1 is 1.20 bits per heavy atom. The Labute approximate surface area is 122 Å². The molecule has 1 aromatic rings. The summed E-state index contributed by atoms with van der Waals surface area (Å²) in [5.41, 5.74) is 7.09. The summed E-state index contributed by atoms with van der Waals surface area (Å²) in [6, 6.07) is 5.88. The van der Waals surface area contributed by atoms with Crippen molar-refractivity contribution in [2.75, 3.05) is 7.11 Å². The zero-order valence-electron chi connectivity index (χ0n) is 13.1. The van der Waals surface area contributed by atoms with Crippen LogP contribution in [0, 0.1) is 11.8 Å². The predicted octanol–water partition coefficient (Wildman–Crippen LogP) is 3.92. The van der Waals surface area contributed by atoms with Crippen molar-refractivity contribution in [1.29, 1.82) is 0 Å². The van der Waals surface area contributed by atoms with Gasteiger partial charge in [0.05, 0.1) is 13.2 Å². The molecule has 2 N–H and O–H groups in total. The highest BCUT2D eigenvalue weighted by Crippen LogP contribution is 2.35. The normalized spacial score (nSPS) is 27.9. The maximum absolute atomic E-state index is 6.25. The first-order valence-corrected chi connectivity index (χ1v) is 7.61. The van der Waals surface area contributed by atoms with E-state index in [-0.39, 0.29) is 6.04 Å². The highest BCUT2D eigenvalue weighted by molar-refractivity contribution is 5.42. The first-order chi connectivity index (χ1) is 9.51. The van der Waals surface area contributed by atoms with Crippen LogP contribution < -0.4 is 15.2 Å². The summed E-state index contributed by atoms with van der Waals surface area (Å²) in [4.78, 5) is 0. The van der Waals surface area contributed by atoms with Gasteiger partial charge in [0.2, 0.25) is 0 Å². The summed E-state index contributed by atoms with van der Waals surface area (Å²) in [5.74, 6) is 3.22. The summed E-state index contributed by atoms with van der Waals surface area (Å²) in [6.45, 7) is 6.64. The molecule has 0 aliphatic heterocycles. The molecular weight excluding hydrogens is 250 g/mol. The van der Waals surface area contributed by atoms with Crippen molar-refractivity contribution in [3.8, 4) is 11.5 Å². The molecule has 0 saturated heterocycles. The largest absolute Gasteiger partial charge is 0.497 e. The molecule has 3 nitrogen and oxygen atoms in total. The van der Waals surface area contributed by atoms with Crippen molar-refractivity contribution in [2.45, 2.75) is 52.2 Å². The Kier molecular flexibility index (Phi) is 4.92. The molecule has 0 aromatic heterocycles. The van der Waals surface area contributed by atoms with Crippen LogP contribution in [0.3, 0.4) is 0 Å². The molecule has 3 heteroatoms. The first-order valence-electron chi connectivity index (χ1n) is 7.61. The molecule has 1 fully saturated rings. The molecular formula is C17H27NO2. The highest BCUT2D eigenvalue weighted by atomic mass is 16.5. The van der Waals surface area contributed by atoms with Crippen LogP contribution >= 0.6 is 0 Å². The third kappa shape index (κ3) is 3.45. The van der Waals surface area contributed by atoms with E-state index in [0.29, 0.717) is 6.10 Å². The van der Waals surface area contributed by atoms with E-state index in [4.69, 9.17) is 15.2 Å². The molecule has 0 bridgehead atoms. The Balaban J connectivity index is 2.15. The molecule has 112 valence electrons. The van der Waals surface area contributed by atoms with Crippen molar-refractivity contribution >= 4 is 0 Å². The monoisotopic (exact) mass is 277 g/mol. The number of hydrogen-bond acceptors (Lipinski definition) is 3. The third-order valence-corrected chi connectivity index (χ3v) is 4.55. The zero-order valence-corrected chi connectivity index (χ0v) is 13.1. The third-order valence-electron chi connectivity index (χ3n) is 4.55. The van der Waals surface area contributed by atoms with Gasteiger partial charge < -0.3 is 15.2 Å². The highest BCUT2D eigenvalue weighted by Gasteiger charge is 2.26. The minimum absolute atomic E-state index is 0.0316. The fourth-order valence-electron chi connectivity index (χ4n) is 2.90. The molecule has 1 aliphatic rings. The molecule has 2 rings (SSSR count). The Morgan fingerprint density at radius 2 is 1.95 bits per heavy atom. The number of nitrogens with two attached hydrogens (primary N) is 1. The molecule has 1 aromatic carbocycles. The van der Waals surface area contributed by atoms with Crippen LogP contribution in [0.15, 0.2) is 18.2 Å². The fraction of sp³-hybridized carbons (Fsp3) is 0.647. The molecule has 0 amide bonds. The molecule has 20 heavy (non-hydrogen) atoms. The number of benzene rings is 1. The Bertz CT molecular complexity index is 445. The van der Waals surface area contributed by atoms with Gasteiger partial charge in [-0.2, -0.15) is 0 Å². The summed E-state index contributed by atoms with van der Waals surface area (Å²) < 4.78 is 11.5. The van der Waals surface area contributed by atoms with Crippen molar-refractivity contribution in [2.24, 2.45) is 17.6 Å². The van der Waals surface area contributed by atoms with Gasteiger partial charge in [0, 0.05) is 17.7 Å². The van der Waals surface area contributed by atoms with Crippen molar-refractivity contribution < 1.29 is 9.47 Å². The number of methoxy groups -OCH3 is 1. The zero-order chi connectivity index (χ0) is 14.7. The van der Waals surface area contributed by atoms with Crippen LogP contribution in [0.5, 0.6) is 11.5 Å². The second kappa shape index (κ2) is 6.49. The van der Waals surface area contributed by atoms with Gasteiger partial charge in [-0.15, -0.1) is 0 Å². The van der Waals surface area contributed by atoms with E-state index in [1.807, 2.05) is 25.1 Å². The summed E-state index contributed by atoms with van der Waals surface area (Å²) >= 11 is 0. The predicted molar refractivity (Wildman–Crippen MR) is 82.2 cm³/mol. The Morgan fingerprint density at radius 3 is 2.55 bits per heavy atom. The standard InChI is InChI=1S/C17H27NO2/c1-11-5-6-15(9-12(11)2)20-17-10-14(19-4)7-8-16(17)13(3)18/h7-8,10-13,15H,5-6,9,18H2,1-4H3/t11?,12?,13-,15?/m1/s1. The molecule has 1 aliphatic carbocycles. The van der Waals surface area contributed by atoms with Crippen LogP contribution in [0.4, 0.5) is 0 Å². The van der Waals surface area contributed by atoms with Gasteiger partial charge in [0.25, 0.3) is 0 Å². The lowest BCUT2D eigenvalue weighted by atomic mass is 9.80. The lowest BCUT2D eigenvalue weighted by molar-refractivity contribution is 0.0992. The maximum atomic E-state index is 6.25. The van der Waals surface area contributed by atoms with Gasteiger partial charge in [-0.05, 0) is 44.1 Å². The second-order valence-electron chi connectivity index (χ2n) is 6.20. The smallest absolute Gasteiger partial charge is 0.128 e. The average Bonchev–Trinajstić information content (AvgIpc) is 2.42. The van der Waals surface area contributed by atoms with E-state index in [1.54, 1.807) is 7.11 Å². The SMILES string of the molecule is COc1ccc([C@@H](C)N)c(OC2CCC(C)C(C)C2)c1. The molecule has 0 heterocycles. The van der Waals surface area contributed by atoms with E-state index in [0.717, 1.165) is 41.7 Å². The quantitative estimate of drug-likeness (QED) is 0.907. The van der Waals surface area contributed by atoms with Crippen molar-refractivity contribution in [3.63, 3.8) is 0 Å². The summed E-state index contributed by atoms with van der Waals surface area (Å²) in [7, 11) is 1.68. The van der Waals surface area contributed by atoms with Crippen LogP contribution in [0.2, 0.25) is 0 Å². The minimum Gasteiger partial charge on any atom is -0.497 e. The van der Waals surface area contributed by atoms with E-state index >= 15 is 0 Å². The topological polar surface area (TPSA) is 44.5 Å². The van der Waals surface area contributed by atoms with Gasteiger partial charge in [0.1, 0.15) is 11.5 Å². The molecule has 4 atom stereocenters. The number of rotatable bonds is 4. The van der Waals surface area contributed by atoms with Crippen molar-refractivity contribution in [3.05, 3.63) is 23.8 Å². The van der Waals surface area contributed by atoms with Gasteiger partial charge in [-0.25, -0.2) is 0 Å². The van der Waals surface area contributed by atoms with Gasteiger partial charge in [-0.3, -0.25) is 0 Å². The van der Waals surface area contributed by atoms with Crippen LogP contribution in [0.1, 0.15) is 51.6 Å². The first kappa shape index (κ1) is 15.2. The maximum Gasteiger partial charge on any atom is 0.128 e. The summed E-state index contributed by atoms with van der Waals surface area (Å²) in [5, 5.41) is 0. The fourth-order valence-corrected chi connectivity index (χ4v) is 2.90. The number of ether oxygens (including phenoxy) is 2. The molecule has 0 radical (unpaired) electrons. The molecule has 0 spiro atoms. The lowest BCUT2D eigenvalue weighted by Crippen LogP contribution is -2.29. The van der Waals surface area contributed by atoms with Gasteiger partial charge in [0.15, 0.2) is 0 Å². The van der Waals surface area contributed by atoms with Gasteiger partial charge >= 0.3 is 0 Å². The second-order valence-corrected chi connectivity index (χ2v) is 6.20. The van der Waals surface area contributed by atoms with Gasteiger partial charge in [-0.1, -0.05) is 19.9 Å². The van der Waals surface area contributed by atoms with E-state index < -0.39 is 0 Å². The van der Waals surface area contributed by atoms with Crippen LogP contribution in [0.25, 0.3) is 0 Å². The Hall–Kier alpha value is -1.22.